The van der Waals surface area contributed by atoms with Crippen LogP contribution >= 0.6 is 0 Å². The maximum atomic E-state index is 10.9. The fraction of sp³-hybridized carbons (Fsp3) is 0.296. The van der Waals surface area contributed by atoms with E-state index in [1.54, 1.807) is 6.20 Å². The van der Waals surface area contributed by atoms with Crippen LogP contribution in [0.4, 0.5) is 0 Å². The lowest BCUT2D eigenvalue weighted by Gasteiger charge is -2.26. The first-order valence-corrected chi connectivity index (χ1v) is 11.3. The molecule has 1 atom stereocenters. The summed E-state index contributed by atoms with van der Waals surface area (Å²) in [6.45, 7) is 0.186. The minimum absolute atomic E-state index is 0.321. The second-order valence-corrected chi connectivity index (χ2v) is 8.16. The molecule has 0 bridgehead atoms. The van der Waals surface area contributed by atoms with Crippen LogP contribution in [0.5, 0.6) is 5.75 Å². The van der Waals surface area contributed by atoms with Crippen molar-refractivity contribution in [1.29, 1.82) is 0 Å². The van der Waals surface area contributed by atoms with Gasteiger partial charge in [0.2, 0.25) is 0 Å². The number of aliphatic carboxylic acids is 1. The Labute approximate surface area is 193 Å². The van der Waals surface area contributed by atoms with E-state index in [4.69, 9.17) is 14.7 Å². The van der Waals surface area contributed by atoms with Crippen molar-refractivity contribution in [3.05, 3.63) is 95.3 Å². The summed E-state index contributed by atoms with van der Waals surface area (Å²) >= 11 is 0. The van der Waals surface area contributed by atoms with Gasteiger partial charge in [0, 0.05) is 18.8 Å². The molecule has 0 fully saturated rings. The number of hydrogen-bond donors (Lipinski definition) is 1. The molecule has 0 amide bonds. The number of oxime groups is 1. The lowest BCUT2D eigenvalue weighted by atomic mass is 9.81. The highest BCUT2D eigenvalue weighted by molar-refractivity contribution is 6.01. The topological polar surface area (TPSA) is 81.0 Å². The minimum atomic E-state index is -0.966. The van der Waals surface area contributed by atoms with Crippen molar-refractivity contribution in [2.45, 2.75) is 38.0 Å². The fourth-order valence-corrected chi connectivity index (χ4v) is 4.32. The summed E-state index contributed by atoms with van der Waals surface area (Å²) in [5.41, 5.74) is 5.34. The molecule has 33 heavy (non-hydrogen) atoms. The Bertz CT molecular complexity index is 1080. The first-order valence-electron chi connectivity index (χ1n) is 11.3. The summed E-state index contributed by atoms with van der Waals surface area (Å²) in [6, 6.07) is 19.9. The van der Waals surface area contributed by atoms with Gasteiger partial charge in [0.1, 0.15) is 12.4 Å². The second kappa shape index (κ2) is 11.3. The number of pyridine rings is 1. The van der Waals surface area contributed by atoms with Crippen LogP contribution in [0, 0.1) is 0 Å². The Kier molecular flexibility index (Phi) is 7.69. The molecular formula is C27H28N2O4. The highest BCUT2D eigenvalue weighted by Crippen LogP contribution is 2.38. The smallest absolute Gasteiger partial charge is 0.341 e. The van der Waals surface area contributed by atoms with Gasteiger partial charge in [-0.25, -0.2) is 4.79 Å². The fourth-order valence-electron chi connectivity index (χ4n) is 4.32. The zero-order valence-corrected chi connectivity index (χ0v) is 18.5. The second-order valence-electron chi connectivity index (χ2n) is 8.16. The molecule has 1 aliphatic carbocycles. The zero-order valence-electron chi connectivity index (χ0n) is 18.5. The number of ether oxygens (including phenoxy) is 1. The number of hydrogen-bond acceptors (Lipinski definition) is 5. The van der Waals surface area contributed by atoms with Gasteiger partial charge in [-0.2, -0.15) is 0 Å². The van der Waals surface area contributed by atoms with Gasteiger partial charge in [-0.1, -0.05) is 53.7 Å². The third kappa shape index (κ3) is 6.19. The number of nitrogens with zero attached hydrogens (tertiary/aromatic N) is 2. The van der Waals surface area contributed by atoms with Crippen molar-refractivity contribution in [2.24, 2.45) is 5.16 Å². The van der Waals surface area contributed by atoms with E-state index in [0.717, 1.165) is 48.1 Å². The summed E-state index contributed by atoms with van der Waals surface area (Å²) in [4.78, 5) is 20.9. The van der Waals surface area contributed by atoms with Crippen molar-refractivity contribution >= 4 is 11.7 Å². The summed E-state index contributed by atoms with van der Waals surface area (Å²) in [6.07, 6.45) is 8.13. The number of carboxylic acids is 1. The molecule has 1 heterocycles. The van der Waals surface area contributed by atoms with Crippen LogP contribution in [0.3, 0.4) is 0 Å². The predicted octanol–water partition coefficient (Wildman–Crippen LogP) is 5.02. The summed E-state index contributed by atoms with van der Waals surface area (Å²) < 4.78 is 5.52. The van der Waals surface area contributed by atoms with Gasteiger partial charge in [-0.15, -0.1) is 0 Å². The Hall–Kier alpha value is -3.67. The molecule has 0 spiro atoms. The molecule has 1 unspecified atom stereocenters. The van der Waals surface area contributed by atoms with E-state index < -0.39 is 5.97 Å². The van der Waals surface area contributed by atoms with Gasteiger partial charge < -0.3 is 14.7 Å². The molecule has 6 nitrogen and oxygen atoms in total. The Balaban J connectivity index is 1.42. The first-order chi connectivity index (χ1) is 16.2. The monoisotopic (exact) mass is 444 g/mol. The van der Waals surface area contributed by atoms with E-state index in [1.165, 1.54) is 5.56 Å². The van der Waals surface area contributed by atoms with E-state index in [2.05, 4.69) is 16.2 Å². The molecule has 0 saturated heterocycles. The third-order valence-corrected chi connectivity index (χ3v) is 5.87. The van der Waals surface area contributed by atoms with Gasteiger partial charge in [0.15, 0.2) is 6.61 Å². The van der Waals surface area contributed by atoms with Crippen LogP contribution in [0.1, 0.15) is 47.4 Å². The highest BCUT2D eigenvalue weighted by atomic mass is 16.6. The van der Waals surface area contributed by atoms with Gasteiger partial charge in [0.05, 0.1) is 5.71 Å². The van der Waals surface area contributed by atoms with Crippen molar-refractivity contribution in [1.82, 2.24) is 4.98 Å². The maximum Gasteiger partial charge on any atom is 0.341 e. The zero-order chi connectivity index (χ0) is 22.9. The van der Waals surface area contributed by atoms with Crippen LogP contribution in [0.2, 0.25) is 0 Å². The summed E-state index contributed by atoms with van der Waals surface area (Å²) in [5.74, 6) is 0.0592. The summed E-state index contributed by atoms with van der Waals surface area (Å²) in [7, 11) is 0. The van der Waals surface area contributed by atoms with Crippen LogP contribution < -0.4 is 4.74 Å². The SMILES string of the molecule is O=C(O)COc1cccc2c1CCCC2CCO/N=C(\Cc1cccnc1)c1ccccc1. The molecule has 2 aromatic carbocycles. The third-order valence-electron chi connectivity index (χ3n) is 5.87. The van der Waals surface area contributed by atoms with Crippen molar-refractivity contribution < 1.29 is 19.5 Å². The van der Waals surface area contributed by atoms with Gasteiger partial charge in [0.25, 0.3) is 0 Å². The Morgan fingerprint density at radius 1 is 1.09 bits per heavy atom. The number of carbonyl (C=O) groups is 1. The maximum absolute atomic E-state index is 10.9. The van der Waals surface area contributed by atoms with Crippen molar-refractivity contribution in [2.75, 3.05) is 13.2 Å². The average molecular weight is 445 g/mol. The molecule has 0 radical (unpaired) electrons. The van der Waals surface area contributed by atoms with E-state index in [1.807, 2.05) is 60.8 Å². The molecule has 3 aromatic rings. The molecule has 0 aliphatic heterocycles. The van der Waals surface area contributed by atoms with Crippen LogP contribution in [-0.2, 0) is 22.5 Å². The standard InChI is InChI=1S/C27H28N2O4/c30-27(31)19-32-26-13-5-11-23-21(10-4-12-24(23)26)14-16-33-29-25(22-8-2-1-3-9-22)17-20-7-6-15-28-18-20/h1-3,5-9,11,13,15,18,21H,4,10,12,14,16-17,19H2,(H,30,31)/b29-25+. The Morgan fingerprint density at radius 3 is 2.76 bits per heavy atom. The molecule has 1 aliphatic rings. The number of aromatic nitrogens is 1. The van der Waals surface area contributed by atoms with E-state index in [-0.39, 0.29) is 6.61 Å². The quantitative estimate of drug-likeness (QED) is 0.270. The largest absolute Gasteiger partial charge is 0.482 e. The van der Waals surface area contributed by atoms with Crippen LogP contribution in [-0.4, -0.2) is 35.0 Å². The number of benzene rings is 2. The first kappa shape index (κ1) is 22.5. The van der Waals surface area contributed by atoms with E-state index >= 15 is 0 Å². The van der Waals surface area contributed by atoms with Crippen molar-refractivity contribution in [3.8, 4) is 5.75 Å². The Morgan fingerprint density at radius 2 is 1.97 bits per heavy atom. The molecule has 1 aromatic heterocycles. The van der Waals surface area contributed by atoms with Crippen LogP contribution in [0.15, 0.2) is 78.2 Å². The van der Waals surface area contributed by atoms with Gasteiger partial charge in [-0.3, -0.25) is 4.98 Å². The highest BCUT2D eigenvalue weighted by Gasteiger charge is 2.23. The molecule has 0 saturated carbocycles. The molecule has 1 N–H and O–H groups in total. The van der Waals surface area contributed by atoms with Crippen LogP contribution in [0.25, 0.3) is 0 Å². The predicted molar refractivity (Wildman–Crippen MR) is 127 cm³/mol. The molecular weight excluding hydrogens is 416 g/mol. The molecule has 170 valence electrons. The molecule has 4 rings (SSSR count). The van der Waals surface area contributed by atoms with Gasteiger partial charge >= 0.3 is 5.97 Å². The minimum Gasteiger partial charge on any atom is -0.482 e. The lowest BCUT2D eigenvalue weighted by molar-refractivity contribution is -0.139. The van der Waals surface area contributed by atoms with Crippen molar-refractivity contribution in [3.63, 3.8) is 0 Å². The normalized spacial score (nSPS) is 15.5. The van der Waals surface area contributed by atoms with Gasteiger partial charge in [-0.05, 0) is 66.0 Å². The molecule has 6 heteroatoms. The van der Waals surface area contributed by atoms with E-state index in [0.29, 0.717) is 24.7 Å². The summed E-state index contributed by atoms with van der Waals surface area (Å²) in [5, 5.41) is 13.4. The van der Waals surface area contributed by atoms with E-state index in [9.17, 15) is 4.79 Å². The number of rotatable bonds is 10. The lowest BCUT2D eigenvalue weighted by Crippen LogP contribution is -2.15. The number of fused-ring (bicyclic) bond motifs is 1. The number of carboxylic acid groups (broad SMARTS) is 1. The average Bonchev–Trinajstić information content (AvgIpc) is 2.85.